The van der Waals surface area contributed by atoms with Crippen LogP contribution < -0.4 is 10.6 Å². The molecule has 0 bridgehead atoms. The lowest BCUT2D eigenvalue weighted by atomic mass is 9.82. The van der Waals surface area contributed by atoms with Crippen molar-refractivity contribution in [3.05, 3.63) is 0 Å². The molecule has 0 aromatic rings. The van der Waals surface area contributed by atoms with Crippen LogP contribution in [0.15, 0.2) is 4.99 Å². The Hall–Kier alpha value is -0.810. The van der Waals surface area contributed by atoms with Gasteiger partial charge in [0, 0.05) is 31.9 Å². The molecule has 0 heterocycles. The van der Waals surface area contributed by atoms with Gasteiger partial charge >= 0.3 is 6.03 Å². The molecule has 2 N–H and O–H groups in total. The molecule has 0 aromatic carbocycles. The van der Waals surface area contributed by atoms with Crippen molar-refractivity contribution >= 4 is 35.3 Å². The highest BCUT2D eigenvalue weighted by Crippen LogP contribution is 2.25. The van der Waals surface area contributed by atoms with Gasteiger partial charge in [-0.25, -0.2) is 14.6 Å². The molecule has 8 heteroatoms. The van der Waals surface area contributed by atoms with E-state index in [2.05, 4.69) is 71.0 Å². The smallest absolute Gasteiger partial charge is 0.317 e. The average molecular weight is 498 g/mol. The molecule has 0 fully saturated rings. The fourth-order valence-corrected chi connectivity index (χ4v) is 2.02. The highest BCUT2D eigenvalue weighted by Gasteiger charge is 2.21. The first-order chi connectivity index (χ1) is 14.7. The first kappa shape index (κ1) is 35.8. The molecule has 6 nitrogen and oxygen atoms in total. The summed E-state index contributed by atoms with van der Waals surface area (Å²) in [6, 6.07) is -0.0128. The van der Waals surface area contributed by atoms with E-state index >= 15 is 0 Å². The number of carbonyl (C=O) groups is 1. The van der Waals surface area contributed by atoms with E-state index in [0.29, 0.717) is 37.4 Å². The number of hydrogen-bond donors (Lipinski definition) is 2. The van der Waals surface area contributed by atoms with Gasteiger partial charge in [0.2, 0.25) is 6.08 Å². The summed E-state index contributed by atoms with van der Waals surface area (Å²) < 4.78 is 0. The van der Waals surface area contributed by atoms with Crippen LogP contribution in [-0.2, 0) is 4.79 Å². The Balaban J connectivity index is -0.000000446. The van der Waals surface area contributed by atoms with Gasteiger partial charge < -0.3 is 15.5 Å². The number of urea groups is 1. The third kappa shape index (κ3) is 23.8. The standard InChI is InChI=1S/C12H25ClN2O.C8H15NO.C4H10ClN/c1-10(12(2,3)4)9-14-11(16)15(5)8-6-7-13;1-7(5-9-6-10)8(2,3)4;1-6-4-2-3-5/h10H,6-9H2,1-5H3,(H,14,16);7H,5H2,1-4H3;6H,2-4H2,1H3/t10-;7-;/m11./s1. The highest BCUT2D eigenvalue weighted by atomic mass is 35.5. The maximum Gasteiger partial charge on any atom is 0.317 e. The van der Waals surface area contributed by atoms with Crippen LogP contribution in [0.25, 0.3) is 0 Å². The number of isocyanates is 1. The van der Waals surface area contributed by atoms with Crippen LogP contribution in [0.3, 0.4) is 0 Å². The Bertz CT molecular complexity index is 495. The van der Waals surface area contributed by atoms with E-state index in [4.69, 9.17) is 23.2 Å². The van der Waals surface area contributed by atoms with E-state index < -0.39 is 0 Å². The van der Waals surface area contributed by atoms with Crippen LogP contribution in [0.4, 0.5) is 4.79 Å². The van der Waals surface area contributed by atoms with Crippen molar-refractivity contribution in [2.75, 3.05) is 52.0 Å². The van der Waals surface area contributed by atoms with Crippen molar-refractivity contribution < 1.29 is 9.59 Å². The normalized spacial score (nSPS) is 12.8. The monoisotopic (exact) mass is 496 g/mol. The van der Waals surface area contributed by atoms with Gasteiger partial charge in [-0.15, -0.1) is 23.2 Å². The fourth-order valence-electron chi connectivity index (χ4n) is 1.77. The van der Waals surface area contributed by atoms with E-state index in [0.717, 1.165) is 25.3 Å². The quantitative estimate of drug-likeness (QED) is 0.174. The molecule has 0 aliphatic heterocycles. The minimum atomic E-state index is -0.0128. The third-order valence-corrected chi connectivity index (χ3v) is 6.01. The Morgan fingerprint density at radius 3 is 1.84 bits per heavy atom. The van der Waals surface area contributed by atoms with Gasteiger partial charge in [-0.3, -0.25) is 0 Å². The summed E-state index contributed by atoms with van der Waals surface area (Å²) in [5.74, 6) is 2.25. The van der Waals surface area contributed by atoms with Crippen LogP contribution in [0.5, 0.6) is 0 Å². The lowest BCUT2D eigenvalue weighted by Crippen LogP contribution is -2.41. The Kier molecular flexibility index (Phi) is 23.2. The second-order valence-corrected chi connectivity index (χ2v) is 11.0. The van der Waals surface area contributed by atoms with Crippen LogP contribution in [0, 0.1) is 22.7 Å². The highest BCUT2D eigenvalue weighted by molar-refractivity contribution is 6.18. The van der Waals surface area contributed by atoms with Gasteiger partial charge in [0.1, 0.15) is 0 Å². The van der Waals surface area contributed by atoms with Crippen molar-refractivity contribution in [2.45, 2.75) is 68.2 Å². The Labute approximate surface area is 208 Å². The largest absolute Gasteiger partial charge is 0.338 e. The molecule has 0 saturated carbocycles. The zero-order valence-corrected chi connectivity index (χ0v) is 23.8. The lowest BCUT2D eigenvalue weighted by molar-refractivity contribution is 0.198. The van der Waals surface area contributed by atoms with E-state index in [1.54, 1.807) is 18.0 Å². The van der Waals surface area contributed by atoms with Crippen molar-refractivity contribution in [2.24, 2.45) is 27.7 Å². The van der Waals surface area contributed by atoms with Crippen molar-refractivity contribution in [3.63, 3.8) is 0 Å². The molecule has 0 unspecified atom stereocenters. The third-order valence-electron chi connectivity index (χ3n) is 5.48. The summed E-state index contributed by atoms with van der Waals surface area (Å²) in [5.41, 5.74) is 0.461. The van der Waals surface area contributed by atoms with E-state index in [9.17, 15) is 9.59 Å². The SMILES string of the molecule is CNCCCCl.C[C@H](CN=C=O)C(C)(C)C.C[C@H](CNC(=O)N(C)CCCCl)C(C)(C)C. The van der Waals surface area contributed by atoms with Gasteiger partial charge in [0.15, 0.2) is 0 Å². The molecule has 0 aliphatic carbocycles. The molecule has 0 saturated heterocycles. The summed E-state index contributed by atoms with van der Waals surface area (Å²) in [6.45, 7) is 20.2. The molecule has 192 valence electrons. The van der Waals surface area contributed by atoms with Gasteiger partial charge in [-0.2, -0.15) is 0 Å². The van der Waals surface area contributed by atoms with Crippen LogP contribution in [0.2, 0.25) is 0 Å². The number of aliphatic imine (C=N–C) groups is 1. The zero-order chi connectivity index (χ0) is 25.8. The van der Waals surface area contributed by atoms with Gasteiger partial charge in [-0.1, -0.05) is 55.4 Å². The second kappa shape index (κ2) is 20.8. The Morgan fingerprint density at radius 1 is 1.00 bits per heavy atom. The van der Waals surface area contributed by atoms with Gasteiger partial charge in [0.05, 0.1) is 6.54 Å². The number of amides is 2. The maximum absolute atomic E-state index is 11.7. The Morgan fingerprint density at radius 2 is 1.50 bits per heavy atom. The predicted molar refractivity (Wildman–Crippen MR) is 141 cm³/mol. The molecular formula is C24H50Cl2N4O2. The maximum atomic E-state index is 11.7. The van der Waals surface area contributed by atoms with Crippen molar-refractivity contribution in [1.29, 1.82) is 0 Å². The molecule has 0 radical (unpaired) electrons. The first-order valence-electron chi connectivity index (χ1n) is 11.5. The van der Waals surface area contributed by atoms with Gasteiger partial charge in [0.25, 0.3) is 0 Å². The second-order valence-electron chi connectivity index (χ2n) is 10.3. The summed E-state index contributed by atoms with van der Waals surface area (Å²) in [6.07, 6.45) is 3.45. The number of halogens is 2. The molecule has 0 spiro atoms. The summed E-state index contributed by atoms with van der Waals surface area (Å²) in [4.78, 5) is 26.6. The van der Waals surface area contributed by atoms with E-state index in [1.165, 1.54) is 0 Å². The number of hydrogen-bond acceptors (Lipinski definition) is 4. The van der Waals surface area contributed by atoms with Crippen LogP contribution >= 0.6 is 23.2 Å². The molecule has 0 aliphatic rings. The topological polar surface area (TPSA) is 73.8 Å². The molecule has 0 aromatic heterocycles. The number of carbonyl (C=O) groups excluding carboxylic acids is 2. The molecule has 2 amide bonds. The summed E-state index contributed by atoms with van der Waals surface area (Å²) in [5, 5.41) is 5.93. The molecule has 0 rings (SSSR count). The fraction of sp³-hybridized carbons (Fsp3) is 0.917. The van der Waals surface area contributed by atoms with Gasteiger partial charge in [-0.05, 0) is 49.1 Å². The number of rotatable bonds is 10. The molecule has 2 atom stereocenters. The molecular weight excluding hydrogens is 447 g/mol. The van der Waals surface area contributed by atoms with Crippen molar-refractivity contribution in [1.82, 2.24) is 15.5 Å². The van der Waals surface area contributed by atoms with E-state index in [1.807, 2.05) is 7.05 Å². The predicted octanol–water partition coefficient (Wildman–Crippen LogP) is 5.78. The first-order valence-corrected chi connectivity index (χ1v) is 12.5. The van der Waals surface area contributed by atoms with Crippen LogP contribution in [0.1, 0.15) is 68.2 Å². The lowest BCUT2D eigenvalue weighted by Gasteiger charge is -2.28. The zero-order valence-electron chi connectivity index (χ0n) is 22.3. The number of alkyl halides is 2. The minimum absolute atomic E-state index is 0.0128. The average Bonchev–Trinajstić information content (AvgIpc) is 2.71. The van der Waals surface area contributed by atoms with Crippen molar-refractivity contribution in [3.8, 4) is 0 Å². The summed E-state index contributed by atoms with van der Waals surface area (Å²) >= 11 is 10.9. The summed E-state index contributed by atoms with van der Waals surface area (Å²) in [7, 11) is 3.72. The minimum Gasteiger partial charge on any atom is -0.338 e. The van der Waals surface area contributed by atoms with Crippen LogP contribution in [-0.4, -0.2) is 69.0 Å². The number of nitrogens with one attached hydrogen (secondary N) is 2. The van der Waals surface area contributed by atoms with E-state index in [-0.39, 0.29) is 16.9 Å². The number of nitrogens with zero attached hydrogens (tertiary/aromatic N) is 2. The molecule has 32 heavy (non-hydrogen) atoms.